The summed E-state index contributed by atoms with van der Waals surface area (Å²) in [6.07, 6.45) is 6.01. The maximum Gasteiger partial charge on any atom is 0.309 e. The number of rotatable bonds is 2. The molecule has 1 heterocycles. The van der Waals surface area contributed by atoms with Crippen LogP contribution in [0.4, 0.5) is 0 Å². The summed E-state index contributed by atoms with van der Waals surface area (Å²) in [6, 6.07) is 0.377. The van der Waals surface area contributed by atoms with Gasteiger partial charge in [-0.3, -0.25) is 9.69 Å². The molecule has 0 aromatic carbocycles. The molecule has 4 nitrogen and oxygen atoms in total. The Morgan fingerprint density at radius 1 is 1.44 bits per heavy atom. The lowest BCUT2D eigenvalue weighted by Gasteiger charge is -2.35. The first kappa shape index (κ1) is 11.6. The Hall–Kier alpha value is -0.870. The smallest absolute Gasteiger partial charge is 0.309 e. The molecule has 2 rings (SSSR count). The standard InChI is InChI=1S/C12H19NO3/c1-15-12(14)10-3-2-4-11(9-10)13-5-7-16-8-6-13/h2,4,10-11H,3,5-9H2,1H3/t10-,11?/m1/s1. The molecular formula is C12H19NO3. The van der Waals surface area contributed by atoms with Crippen LogP contribution in [-0.2, 0) is 14.3 Å². The number of carbonyl (C=O) groups is 1. The number of carbonyl (C=O) groups excluding carboxylic acids is 1. The van der Waals surface area contributed by atoms with Gasteiger partial charge in [0.1, 0.15) is 0 Å². The SMILES string of the molecule is COC(=O)[C@@H]1CC=CC(N2CCOCC2)C1. The number of hydrogen-bond donors (Lipinski definition) is 0. The lowest BCUT2D eigenvalue weighted by Crippen LogP contribution is -2.44. The minimum Gasteiger partial charge on any atom is -0.469 e. The molecule has 0 N–H and O–H groups in total. The summed E-state index contributed by atoms with van der Waals surface area (Å²) < 4.78 is 10.1. The van der Waals surface area contributed by atoms with Gasteiger partial charge in [-0.2, -0.15) is 0 Å². The van der Waals surface area contributed by atoms with Crippen molar-refractivity contribution in [3.05, 3.63) is 12.2 Å². The lowest BCUT2D eigenvalue weighted by atomic mass is 9.90. The molecule has 90 valence electrons. The summed E-state index contributed by atoms with van der Waals surface area (Å²) in [5, 5.41) is 0. The van der Waals surface area contributed by atoms with Crippen molar-refractivity contribution in [1.29, 1.82) is 0 Å². The van der Waals surface area contributed by atoms with Crippen molar-refractivity contribution in [2.75, 3.05) is 33.4 Å². The molecule has 0 aromatic heterocycles. The summed E-state index contributed by atoms with van der Waals surface area (Å²) in [5.41, 5.74) is 0. The molecule has 0 radical (unpaired) electrons. The van der Waals surface area contributed by atoms with Crippen LogP contribution in [0.1, 0.15) is 12.8 Å². The Morgan fingerprint density at radius 3 is 2.88 bits per heavy atom. The minimum atomic E-state index is -0.0809. The molecule has 16 heavy (non-hydrogen) atoms. The van der Waals surface area contributed by atoms with Crippen LogP contribution in [-0.4, -0.2) is 50.3 Å². The predicted molar refractivity (Wildman–Crippen MR) is 60.1 cm³/mol. The maximum absolute atomic E-state index is 11.5. The fourth-order valence-electron chi connectivity index (χ4n) is 2.41. The second kappa shape index (κ2) is 5.46. The first-order valence-corrected chi connectivity index (χ1v) is 5.87. The topological polar surface area (TPSA) is 38.8 Å². The number of esters is 1. The third-order valence-electron chi connectivity index (χ3n) is 3.35. The molecule has 0 amide bonds. The van der Waals surface area contributed by atoms with Crippen molar-refractivity contribution in [2.45, 2.75) is 18.9 Å². The van der Waals surface area contributed by atoms with E-state index in [0.717, 1.165) is 39.1 Å². The average Bonchev–Trinajstić information content (AvgIpc) is 2.39. The first-order valence-electron chi connectivity index (χ1n) is 5.87. The highest BCUT2D eigenvalue weighted by Crippen LogP contribution is 2.24. The summed E-state index contributed by atoms with van der Waals surface area (Å²) in [6.45, 7) is 3.52. The maximum atomic E-state index is 11.5. The summed E-state index contributed by atoms with van der Waals surface area (Å²) in [4.78, 5) is 13.9. The zero-order chi connectivity index (χ0) is 11.4. The van der Waals surface area contributed by atoms with Gasteiger partial charge in [-0.05, 0) is 12.8 Å². The van der Waals surface area contributed by atoms with E-state index in [9.17, 15) is 4.79 Å². The van der Waals surface area contributed by atoms with Crippen LogP contribution in [0.25, 0.3) is 0 Å². The van der Waals surface area contributed by atoms with Gasteiger partial charge < -0.3 is 9.47 Å². The zero-order valence-corrected chi connectivity index (χ0v) is 9.72. The Labute approximate surface area is 96.2 Å². The van der Waals surface area contributed by atoms with Crippen LogP contribution in [0.2, 0.25) is 0 Å². The molecule has 0 spiro atoms. The van der Waals surface area contributed by atoms with Gasteiger partial charge in [0.15, 0.2) is 0 Å². The molecule has 2 aliphatic rings. The van der Waals surface area contributed by atoms with Crippen molar-refractivity contribution >= 4 is 5.97 Å². The van der Waals surface area contributed by atoms with Crippen molar-refractivity contribution in [3.63, 3.8) is 0 Å². The third kappa shape index (κ3) is 2.62. The van der Waals surface area contributed by atoms with E-state index in [0.29, 0.717) is 6.04 Å². The van der Waals surface area contributed by atoms with Crippen LogP contribution in [0.15, 0.2) is 12.2 Å². The van der Waals surface area contributed by atoms with Gasteiger partial charge in [-0.1, -0.05) is 12.2 Å². The van der Waals surface area contributed by atoms with Crippen LogP contribution in [0, 0.1) is 5.92 Å². The van der Waals surface area contributed by atoms with Crippen LogP contribution in [0.5, 0.6) is 0 Å². The zero-order valence-electron chi connectivity index (χ0n) is 9.72. The fraction of sp³-hybridized carbons (Fsp3) is 0.750. The molecule has 0 bridgehead atoms. The largest absolute Gasteiger partial charge is 0.469 e. The van der Waals surface area contributed by atoms with Crippen molar-refractivity contribution in [1.82, 2.24) is 4.90 Å². The number of methoxy groups -OCH3 is 1. The third-order valence-corrected chi connectivity index (χ3v) is 3.35. The predicted octanol–water partition coefficient (Wildman–Crippen LogP) is 0.826. The number of nitrogens with zero attached hydrogens (tertiary/aromatic N) is 1. The van der Waals surface area contributed by atoms with Crippen LogP contribution < -0.4 is 0 Å². The van der Waals surface area contributed by atoms with Gasteiger partial charge >= 0.3 is 5.97 Å². The molecule has 4 heteroatoms. The van der Waals surface area contributed by atoms with E-state index in [-0.39, 0.29) is 11.9 Å². The van der Waals surface area contributed by atoms with Gasteiger partial charge in [0.25, 0.3) is 0 Å². The first-order chi connectivity index (χ1) is 7.81. The monoisotopic (exact) mass is 225 g/mol. The highest BCUT2D eigenvalue weighted by atomic mass is 16.5. The van der Waals surface area contributed by atoms with Gasteiger partial charge in [-0.15, -0.1) is 0 Å². The number of ether oxygens (including phenoxy) is 2. The summed E-state index contributed by atoms with van der Waals surface area (Å²) in [7, 11) is 1.46. The van der Waals surface area contributed by atoms with E-state index in [1.54, 1.807) is 0 Å². The second-order valence-corrected chi connectivity index (χ2v) is 4.34. The van der Waals surface area contributed by atoms with E-state index < -0.39 is 0 Å². The van der Waals surface area contributed by atoms with Gasteiger partial charge in [-0.25, -0.2) is 0 Å². The van der Waals surface area contributed by atoms with Crippen LogP contribution in [0.3, 0.4) is 0 Å². The van der Waals surface area contributed by atoms with E-state index in [1.165, 1.54) is 7.11 Å². The quantitative estimate of drug-likeness (QED) is 0.515. The second-order valence-electron chi connectivity index (χ2n) is 4.34. The van der Waals surface area contributed by atoms with Crippen molar-refractivity contribution in [2.24, 2.45) is 5.92 Å². The number of morpholine rings is 1. The van der Waals surface area contributed by atoms with Crippen LogP contribution >= 0.6 is 0 Å². The highest BCUT2D eigenvalue weighted by molar-refractivity contribution is 5.72. The van der Waals surface area contributed by atoms with Crippen molar-refractivity contribution < 1.29 is 14.3 Å². The van der Waals surface area contributed by atoms with E-state index in [1.807, 2.05) is 0 Å². The molecule has 1 aliphatic carbocycles. The Kier molecular flexibility index (Phi) is 3.96. The molecule has 1 unspecified atom stereocenters. The summed E-state index contributed by atoms with van der Waals surface area (Å²) >= 11 is 0. The average molecular weight is 225 g/mol. The molecule has 1 aliphatic heterocycles. The van der Waals surface area contributed by atoms with E-state index in [4.69, 9.17) is 9.47 Å². The van der Waals surface area contributed by atoms with Crippen molar-refractivity contribution in [3.8, 4) is 0 Å². The number of hydrogen-bond acceptors (Lipinski definition) is 4. The lowest BCUT2D eigenvalue weighted by molar-refractivity contribution is -0.146. The Balaban J connectivity index is 1.93. The molecular weight excluding hydrogens is 206 g/mol. The number of allylic oxidation sites excluding steroid dienone is 1. The normalized spacial score (nSPS) is 31.3. The highest BCUT2D eigenvalue weighted by Gasteiger charge is 2.28. The van der Waals surface area contributed by atoms with E-state index >= 15 is 0 Å². The Bertz CT molecular complexity index is 271. The van der Waals surface area contributed by atoms with Gasteiger partial charge in [0, 0.05) is 19.1 Å². The van der Waals surface area contributed by atoms with E-state index in [2.05, 4.69) is 17.1 Å². The summed E-state index contributed by atoms with van der Waals surface area (Å²) in [5.74, 6) is -0.0505. The molecule has 1 fully saturated rings. The fourth-order valence-corrected chi connectivity index (χ4v) is 2.41. The molecule has 2 atom stereocenters. The van der Waals surface area contributed by atoms with Gasteiger partial charge in [0.2, 0.25) is 0 Å². The minimum absolute atomic E-state index is 0.0304. The van der Waals surface area contributed by atoms with Gasteiger partial charge in [0.05, 0.1) is 26.2 Å². The molecule has 0 aromatic rings. The molecule has 1 saturated heterocycles. The molecule has 0 saturated carbocycles. The Morgan fingerprint density at radius 2 is 2.19 bits per heavy atom.